The minimum absolute atomic E-state index is 0.264. The molecule has 0 saturated heterocycles. The summed E-state index contributed by atoms with van der Waals surface area (Å²) >= 11 is 0. The van der Waals surface area contributed by atoms with Crippen LogP contribution in [0.2, 0.25) is 0 Å². The van der Waals surface area contributed by atoms with Crippen molar-refractivity contribution in [3.63, 3.8) is 0 Å². The molecule has 0 bridgehead atoms. The molecule has 0 amide bonds. The summed E-state index contributed by atoms with van der Waals surface area (Å²) in [7, 11) is 0. The molecular weight excluding hydrogens is 86.1 g/mol. The molecule has 3 N–H and O–H groups in total. The first-order valence-electron chi connectivity index (χ1n) is 2.68. The fourth-order valence-electron chi connectivity index (χ4n) is 0.796. The third-order valence-electron chi connectivity index (χ3n) is 1.91. The van der Waals surface area contributed by atoms with Gasteiger partial charge in [0.1, 0.15) is 5.54 Å². The summed E-state index contributed by atoms with van der Waals surface area (Å²) in [4.78, 5) is 0. The molecule has 1 fully saturated rings. The third kappa shape index (κ3) is 0.570. The Morgan fingerprint density at radius 1 is 2.00 bits per heavy atom. The number of hydrogen-bond donors (Lipinski definition) is 1. The molecular formula is C6H12N+. The average molecular weight is 98.2 g/mol. The zero-order valence-electron chi connectivity index (χ0n) is 4.78. The molecule has 1 aliphatic rings. The van der Waals surface area contributed by atoms with Crippen LogP contribution in [0.3, 0.4) is 0 Å². The molecule has 0 aromatic carbocycles. The van der Waals surface area contributed by atoms with E-state index in [9.17, 15) is 0 Å². The van der Waals surface area contributed by atoms with E-state index in [4.69, 9.17) is 0 Å². The van der Waals surface area contributed by atoms with E-state index in [0.29, 0.717) is 0 Å². The van der Waals surface area contributed by atoms with Gasteiger partial charge < -0.3 is 5.73 Å². The molecule has 2 unspecified atom stereocenters. The maximum absolute atomic E-state index is 3.96. The van der Waals surface area contributed by atoms with Crippen molar-refractivity contribution in [3.05, 3.63) is 12.7 Å². The Morgan fingerprint density at radius 2 is 2.43 bits per heavy atom. The highest BCUT2D eigenvalue weighted by molar-refractivity contribution is 5.11. The standard InChI is InChI=1S/C6H11N/c1-3-6(7)4-5(6)2/h3,5H,1,4,7H2,2H3/p+1. The summed E-state index contributed by atoms with van der Waals surface area (Å²) in [5, 5.41) is 0. The topological polar surface area (TPSA) is 27.6 Å². The van der Waals surface area contributed by atoms with Gasteiger partial charge in [0.2, 0.25) is 0 Å². The second-order valence-electron chi connectivity index (χ2n) is 2.54. The van der Waals surface area contributed by atoms with Crippen LogP contribution in [-0.4, -0.2) is 5.54 Å². The highest BCUT2D eigenvalue weighted by Crippen LogP contribution is 2.38. The lowest BCUT2D eigenvalue weighted by molar-refractivity contribution is -0.425. The normalized spacial score (nSPS) is 48.6. The van der Waals surface area contributed by atoms with Crippen molar-refractivity contribution in [2.75, 3.05) is 0 Å². The Labute approximate surface area is 44.2 Å². The number of hydrogen-bond acceptors (Lipinski definition) is 0. The van der Waals surface area contributed by atoms with Crippen molar-refractivity contribution in [3.8, 4) is 0 Å². The zero-order valence-corrected chi connectivity index (χ0v) is 4.78. The number of quaternary nitrogens is 1. The van der Waals surface area contributed by atoms with E-state index in [2.05, 4.69) is 19.2 Å². The Hall–Kier alpha value is -0.300. The Kier molecular flexibility index (Phi) is 0.762. The Morgan fingerprint density at radius 3 is 2.43 bits per heavy atom. The highest BCUT2D eigenvalue weighted by Gasteiger charge is 2.49. The van der Waals surface area contributed by atoms with Gasteiger partial charge in [0, 0.05) is 12.3 Å². The molecule has 0 heterocycles. The van der Waals surface area contributed by atoms with Gasteiger partial charge in [-0.15, -0.1) is 0 Å². The van der Waals surface area contributed by atoms with E-state index < -0.39 is 0 Å². The molecule has 0 aromatic heterocycles. The van der Waals surface area contributed by atoms with E-state index in [-0.39, 0.29) is 5.54 Å². The van der Waals surface area contributed by atoms with Crippen LogP contribution in [0, 0.1) is 5.92 Å². The molecule has 1 aliphatic carbocycles. The van der Waals surface area contributed by atoms with Crippen LogP contribution in [0.15, 0.2) is 12.7 Å². The largest absolute Gasteiger partial charge is 0.349 e. The molecule has 1 saturated carbocycles. The van der Waals surface area contributed by atoms with Gasteiger partial charge >= 0.3 is 0 Å². The molecule has 2 atom stereocenters. The molecule has 0 aromatic rings. The predicted octanol–water partition coefficient (Wildman–Crippen LogP) is 0.193. The third-order valence-corrected chi connectivity index (χ3v) is 1.91. The second kappa shape index (κ2) is 1.10. The average Bonchev–Trinajstić information content (AvgIpc) is 2.18. The van der Waals surface area contributed by atoms with Gasteiger partial charge in [-0.1, -0.05) is 13.5 Å². The van der Waals surface area contributed by atoms with Gasteiger partial charge in [0.25, 0.3) is 0 Å². The summed E-state index contributed by atoms with van der Waals surface area (Å²) < 4.78 is 0. The SMILES string of the molecule is C=CC1([NH3+])CC1C. The van der Waals surface area contributed by atoms with Crippen LogP contribution in [0.1, 0.15) is 13.3 Å². The van der Waals surface area contributed by atoms with Crippen molar-refractivity contribution in [2.45, 2.75) is 18.9 Å². The summed E-state index contributed by atoms with van der Waals surface area (Å²) in [5.41, 5.74) is 4.23. The van der Waals surface area contributed by atoms with Crippen molar-refractivity contribution in [1.29, 1.82) is 0 Å². The smallest absolute Gasteiger partial charge is 0.116 e. The van der Waals surface area contributed by atoms with Gasteiger partial charge in [0.05, 0.1) is 0 Å². The summed E-state index contributed by atoms with van der Waals surface area (Å²) in [6, 6.07) is 0. The van der Waals surface area contributed by atoms with Crippen molar-refractivity contribution in [1.82, 2.24) is 0 Å². The lowest BCUT2D eigenvalue weighted by atomic mass is 10.2. The Bertz CT molecular complexity index is 98.4. The van der Waals surface area contributed by atoms with Gasteiger partial charge in [-0.25, -0.2) is 0 Å². The molecule has 0 aliphatic heterocycles. The molecule has 1 heteroatoms. The second-order valence-corrected chi connectivity index (χ2v) is 2.54. The molecule has 0 radical (unpaired) electrons. The first-order chi connectivity index (χ1) is 3.19. The van der Waals surface area contributed by atoms with E-state index in [0.717, 1.165) is 5.92 Å². The first-order valence-corrected chi connectivity index (χ1v) is 2.68. The van der Waals surface area contributed by atoms with Crippen molar-refractivity contribution in [2.24, 2.45) is 5.92 Å². The van der Waals surface area contributed by atoms with Crippen LogP contribution in [0.25, 0.3) is 0 Å². The fraction of sp³-hybridized carbons (Fsp3) is 0.667. The minimum atomic E-state index is 0.264. The van der Waals surface area contributed by atoms with Crippen molar-refractivity contribution < 1.29 is 5.73 Å². The first kappa shape index (κ1) is 4.85. The molecule has 1 rings (SSSR count). The van der Waals surface area contributed by atoms with E-state index in [1.807, 2.05) is 6.08 Å². The van der Waals surface area contributed by atoms with Crippen LogP contribution in [0.5, 0.6) is 0 Å². The van der Waals surface area contributed by atoms with Gasteiger partial charge in [0.15, 0.2) is 0 Å². The minimum Gasteiger partial charge on any atom is -0.349 e. The maximum atomic E-state index is 3.96. The highest BCUT2D eigenvalue weighted by atomic mass is 14.8. The van der Waals surface area contributed by atoms with Crippen molar-refractivity contribution >= 4 is 0 Å². The van der Waals surface area contributed by atoms with Crippen LogP contribution in [0.4, 0.5) is 0 Å². The van der Waals surface area contributed by atoms with E-state index >= 15 is 0 Å². The monoisotopic (exact) mass is 98.1 g/mol. The van der Waals surface area contributed by atoms with Crippen LogP contribution >= 0.6 is 0 Å². The zero-order chi connectivity index (χ0) is 5.49. The lowest BCUT2D eigenvalue weighted by Crippen LogP contribution is -2.63. The Balaban J connectivity index is 2.51. The van der Waals surface area contributed by atoms with Gasteiger partial charge in [-0.3, -0.25) is 0 Å². The summed E-state index contributed by atoms with van der Waals surface area (Å²) in [5.74, 6) is 0.782. The van der Waals surface area contributed by atoms with Gasteiger partial charge in [-0.05, 0) is 6.08 Å². The lowest BCUT2D eigenvalue weighted by Gasteiger charge is -1.92. The number of rotatable bonds is 1. The van der Waals surface area contributed by atoms with E-state index in [1.54, 1.807) is 0 Å². The molecule has 7 heavy (non-hydrogen) atoms. The molecule has 1 nitrogen and oxygen atoms in total. The van der Waals surface area contributed by atoms with Crippen LogP contribution < -0.4 is 5.73 Å². The fourth-order valence-corrected chi connectivity index (χ4v) is 0.796. The van der Waals surface area contributed by atoms with Gasteiger partial charge in [-0.2, -0.15) is 0 Å². The predicted molar refractivity (Wildman–Crippen MR) is 29.6 cm³/mol. The molecule has 0 spiro atoms. The summed E-state index contributed by atoms with van der Waals surface area (Å²) in [6.07, 6.45) is 3.19. The van der Waals surface area contributed by atoms with E-state index in [1.165, 1.54) is 6.42 Å². The maximum Gasteiger partial charge on any atom is 0.116 e. The molecule has 40 valence electrons. The quantitative estimate of drug-likeness (QED) is 0.453. The van der Waals surface area contributed by atoms with Crippen LogP contribution in [-0.2, 0) is 0 Å². The summed E-state index contributed by atoms with van der Waals surface area (Å²) in [6.45, 7) is 5.89.